The Morgan fingerprint density at radius 2 is 1.76 bits per heavy atom. The highest BCUT2D eigenvalue weighted by atomic mass is 32.1. The number of fused-ring (bicyclic) bond motifs is 1. The molecule has 0 saturated carbocycles. The summed E-state index contributed by atoms with van der Waals surface area (Å²) in [5.74, 6) is -0.984. The van der Waals surface area contributed by atoms with Crippen molar-refractivity contribution >= 4 is 49.9 Å². The van der Waals surface area contributed by atoms with Gasteiger partial charge in [-0.1, -0.05) is 48.5 Å². The summed E-state index contributed by atoms with van der Waals surface area (Å²) in [5, 5.41) is 10.5. The zero-order chi connectivity index (χ0) is 23.7. The molecule has 1 unspecified atom stereocenters. The van der Waals surface area contributed by atoms with E-state index in [1.807, 2.05) is 77.6 Å². The molecule has 170 valence electrons. The highest BCUT2D eigenvalue weighted by molar-refractivity contribution is 7.20. The van der Waals surface area contributed by atoms with Gasteiger partial charge in [0.1, 0.15) is 9.71 Å². The molecule has 0 aliphatic heterocycles. The molecule has 34 heavy (non-hydrogen) atoms. The second-order valence-electron chi connectivity index (χ2n) is 7.60. The number of anilines is 1. The summed E-state index contributed by atoms with van der Waals surface area (Å²) in [4.78, 5) is 31.1. The maximum atomic E-state index is 12.8. The number of esters is 1. The summed E-state index contributed by atoms with van der Waals surface area (Å²) < 4.78 is 7.27. The van der Waals surface area contributed by atoms with Crippen LogP contribution in [0.1, 0.15) is 22.3 Å². The van der Waals surface area contributed by atoms with Gasteiger partial charge >= 0.3 is 5.97 Å². The number of rotatable bonds is 6. The Hall–Kier alpha value is -3.82. The predicted molar refractivity (Wildman–Crippen MR) is 135 cm³/mol. The highest BCUT2D eigenvalue weighted by Crippen LogP contribution is 2.31. The Morgan fingerprint density at radius 3 is 2.50 bits per heavy atom. The van der Waals surface area contributed by atoms with Crippen LogP contribution in [-0.2, 0) is 9.53 Å². The molecule has 3 aromatic heterocycles. The number of benzene rings is 2. The Labute approximate surface area is 203 Å². The second kappa shape index (κ2) is 9.20. The van der Waals surface area contributed by atoms with Crippen LogP contribution in [0.5, 0.6) is 0 Å². The Kier molecular flexibility index (Phi) is 5.95. The number of thiazole rings is 1. The van der Waals surface area contributed by atoms with E-state index >= 15 is 0 Å². The van der Waals surface area contributed by atoms with Crippen molar-refractivity contribution in [3.8, 4) is 16.9 Å². The Balaban J connectivity index is 1.28. The van der Waals surface area contributed by atoms with E-state index in [4.69, 9.17) is 4.74 Å². The van der Waals surface area contributed by atoms with Gasteiger partial charge in [0, 0.05) is 16.3 Å². The number of carbonyl (C=O) groups is 2. The number of hydrogen-bond acceptors (Lipinski definition) is 7. The maximum absolute atomic E-state index is 12.8. The van der Waals surface area contributed by atoms with Crippen LogP contribution in [0.2, 0.25) is 0 Å². The molecule has 0 saturated heterocycles. The van der Waals surface area contributed by atoms with Crippen LogP contribution in [-0.4, -0.2) is 32.7 Å². The summed E-state index contributed by atoms with van der Waals surface area (Å²) in [6.07, 6.45) is -0.978. The van der Waals surface area contributed by atoms with Crippen molar-refractivity contribution in [1.29, 1.82) is 0 Å². The number of amides is 1. The maximum Gasteiger partial charge on any atom is 0.349 e. The topological polar surface area (TPSA) is 86.1 Å². The summed E-state index contributed by atoms with van der Waals surface area (Å²) >= 11 is 2.61. The number of aryl methyl sites for hydroxylation is 1. The smallest absolute Gasteiger partial charge is 0.349 e. The lowest BCUT2D eigenvalue weighted by atomic mass is 10.2. The van der Waals surface area contributed by atoms with E-state index in [0.29, 0.717) is 10.0 Å². The van der Waals surface area contributed by atoms with Gasteiger partial charge in [-0.05, 0) is 32.0 Å². The molecule has 1 N–H and O–H groups in total. The van der Waals surface area contributed by atoms with Crippen molar-refractivity contribution in [2.24, 2.45) is 0 Å². The standard InChI is InChI=1S/C25H20N4O3S2/c1-15-19-13-21(34-23(19)29(28-15)18-11-7-4-8-12-18)24(31)32-16(2)22(30)27-25-26-20(14-33-25)17-9-5-3-6-10-17/h3-14,16H,1-2H3,(H,26,27,30). The average Bonchev–Trinajstić information content (AvgIpc) is 3.57. The molecule has 1 atom stereocenters. The van der Waals surface area contributed by atoms with Crippen LogP contribution in [0.3, 0.4) is 0 Å². The molecule has 7 nitrogen and oxygen atoms in total. The van der Waals surface area contributed by atoms with Crippen molar-refractivity contribution < 1.29 is 14.3 Å². The second-order valence-corrected chi connectivity index (χ2v) is 9.49. The molecular formula is C25H20N4O3S2. The molecule has 0 bridgehead atoms. The van der Waals surface area contributed by atoms with E-state index in [9.17, 15) is 9.59 Å². The van der Waals surface area contributed by atoms with E-state index in [2.05, 4.69) is 15.4 Å². The third-order valence-electron chi connectivity index (χ3n) is 5.20. The lowest BCUT2D eigenvalue weighted by Crippen LogP contribution is -2.29. The average molecular weight is 489 g/mol. The van der Waals surface area contributed by atoms with E-state index in [1.54, 1.807) is 13.0 Å². The normalized spacial score (nSPS) is 11.9. The first-order valence-corrected chi connectivity index (χ1v) is 12.3. The van der Waals surface area contributed by atoms with Gasteiger partial charge in [0.2, 0.25) is 0 Å². The lowest BCUT2D eigenvalue weighted by molar-refractivity contribution is -0.123. The van der Waals surface area contributed by atoms with Crippen LogP contribution in [0.25, 0.3) is 27.2 Å². The minimum atomic E-state index is -0.978. The largest absolute Gasteiger partial charge is 0.448 e. The molecule has 9 heteroatoms. The Morgan fingerprint density at radius 1 is 1.06 bits per heavy atom. The van der Waals surface area contributed by atoms with Crippen LogP contribution >= 0.6 is 22.7 Å². The number of hydrogen-bond donors (Lipinski definition) is 1. The number of thiophene rings is 1. The van der Waals surface area contributed by atoms with Gasteiger partial charge in [0.25, 0.3) is 5.91 Å². The van der Waals surface area contributed by atoms with Crippen molar-refractivity contribution in [3.63, 3.8) is 0 Å². The van der Waals surface area contributed by atoms with E-state index < -0.39 is 18.0 Å². The SMILES string of the molecule is Cc1nn(-c2ccccc2)c2sc(C(=O)OC(C)C(=O)Nc3nc(-c4ccccc4)cs3)cc12. The minimum absolute atomic E-state index is 0.417. The molecule has 2 aromatic carbocycles. The van der Waals surface area contributed by atoms with Gasteiger partial charge in [-0.25, -0.2) is 14.5 Å². The van der Waals surface area contributed by atoms with Crippen molar-refractivity contribution in [2.45, 2.75) is 20.0 Å². The lowest BCUT2D eigenvalue weighted by Gasteiger charge is -2.11. The fourth-order valence-electron chi connectivity index (χ4n) is 3.44. The first-order chi connectivity index (χ1) is 16.5. The predicted octanol–water partition coefficient (Wildman–Crippen LogP) is 5.70. The fraction of sp³-hybridized carbons (Fsp3) is 0.120. The Bertz CT molecular complexity index is 1470. The van der Waals surface area contributed by atoms with Crippen molar-refractivity contribution in [1.82, 2.24) is 14.8 Å². The van der Waals surface area contributed by atoms with E-state index in [0.717, 1.165) is 32.9 Å². The third-order valence-corrected chi connectivity index (χ3v) is 7.05. The quantitative estimate of drug-likeness (QED) is 0.310. The summed E-state index contributed by atoms with van der Waals surface area (Å²) in [7, 11) is 0. The van der Waals surface area contributed by atoms with Crippen molar-refractivity contribution in [2.75, 3.05) is 5.32 Å². The zero-order valence-electron chi connectivity index (χ0n) is 18.4. The van der Waals surface area contributed by atoms with Gasteiger partial charge in [0.15, 0.2) is 11.2 Å². The molecule has 0 fully saturated rings. The molecule has 3 heterocycles. The summed E-state index contributed by atoms with van der Waals surface area (Å²) in [6.45, 7) is 3.45. The molecule has 5 rings (SSSR count). The zero-order valence-corrected chi connectivity index (χ0v) is 20.0. The first kappa shape index (κ1) is 22.0. The van der Waals surface area contributed by atoms with Crippen LogP contribution < -0.4 is 5.32 Å². The molecule has 0 spiro atoms. The number of ether oxygens (including phenoxy) is 1. The number of nitrogens with one attached hydrogen (secondary N) is 1. The fourth-order valence-corrected chi connectivity index (χ4v) is 5.23. The minimum Gasteiger partial charge on any atom is -0.448 e. The molecule has 1 amide bonds. The van der Waals surface area contributed by atoms with Crippen molar-refractivity contribution in [3.05, 3.63) is 82.7 Å². The van der Waals surface area contributed by atoms with E-state index in [1.165, 1.54) is 22.7 Å². The monoisotopic (exact) mass is 488 g/mol. The highest BCUT2D eigenvalue weighted by Gasteiger charge is 2.23. The molecule has 0 aliphatic carbocycles. The number of nitrogens with zero attached hydrogens (tertiary/aromatic N) is 3. The first-order valence-electron chi connectivity index (χ1n) is 10.6. The van der Waals surface area contributed by atoms with Gasteiger partial charge in [-0.2, -0.15) is 5.10 Å². The molecule has 5 aromatic rings. The van der Waals surface area contributed by atoms with Gasteiger partial charge < -0.3 is 4.74 Å². The third kappa shape index (κ3) is 4.35. The van der Waals surface area contributed by atoms with Crippen LogP contribution in [0.4, 0.5) is 5.13 Å². The molecule has 0 aliphatic rings. The number of carbonyl (C=O) groups excluding carboxylic acids is 2. The van der Waals surface area contributed by atoms with Crippen LogP contribution in [0, 0.1) is 6.92 Å². The summed E-state index contributed by atoms with van der Waals surface area (Å²) in [5.41, 5.74) is 3.47. The molecule has 0 radical (unpaired) electrons. The van der Waals surface area contributed by atoms with Crippen LogP contribution in [0.15, 0.2) is 72.1 Å². The van der Waals surface area contributed by atoms with Gasteiger partial charge in [-0.3, -0.25) is 10.1 Å². The number of aromatic nitrogens is 3. The number of para-hydroxylation sites is 1. The van der Waals surface area contributed by atoms with Gasteiger partial charge in [-0.15, -0.1) is 22.7 Å². The summed E-state index contributed by atoms with van der Waals surface area (Å²) in [6, 6.07) is 21.2. The van der Waals surface area contributed by atoms with Gasteiger partial charge in [0.05, 0.1) is 17.1 Å². The molecular weight excluding hydrogens is 468 g/mol. The van der Waals surface area contributed by atoms with E-state index in [-0.39, 0.29) is 0 Å².